The maximum absolute atomic E-state index is 11.8. The van der Waals surface area contributed by atoms with Crippen molar-refractivity contribution in [2.24, 2.45) is 0 Å². The highest BCUT2D eigenvalue weighted by Gasteiger charge is 2.22. The van der Waals surface area contributed by atoms with Gasteiger partial charge in [0.25, 0.3) is 5.91 Å². The second-order valence-corrected chi connectivity index (χ2v) is 5.06. The fourth-order valence-electron chi connectivity index (χ4n) is 1.61. The van der Waals surface area contributed by atoms with Crippen molar-refractivity contribution in [1.29, 1.82) is 0 Å². The van der Waals surface area contributed by atoms with Gasteiger partial charge in [-0.25, -0.2) is 0 Å². The van der Waals surface area contributed by atoms with Gasteiger partial charge in [-0.2, -0.15) is 0 Å². The fraction of sp³-hybridized carbons (Fsp3) is 0.462. The van der Waals surface area contributed by atoms with Crippen molar-refractivity contribution in [3.05, 3.63) is 28.5 Å². The molecule has 102 valence electrons. The van der Waals surface area contributed by atoms with Crippen LogP contribution in [0.15, 0.2) is 12.3 Å². The molecular formula is C13H16ClN3O2. The zero-order valence-electron chi connectivity index (χ0n) is 10.7. The lowest BCUT2D eigenvalue weighted by Gasteiger charge is -2.07. The third-order valence-electron chi connectivity index (χ3n) is 2.81. The fourth-order valence-corrected chi connectivity index (χ4v) is 1.90. The summed E-state index contributed by atoms with van der Waals surface area (Å²) in [7, 11) is 0. The molecule has 0 spiro atoms. The van der Waals surface area contributed by atoms with E-state index in [1.54, 1.807) is 13.0 Å². The van der Waals surface area contributed by atoms with E-state index in [0.717, 1.165) is 18.5 Å². The first-order chi connectivity index (χ1) is 9.06. The van der Waals surface area contributed by atoms with Crippen molar-refractivity contribution in [2.45, 2.75) is 32.2 Å². The van der Waals surface area contributed by atoms with Crippen molar-refractivity contribution in [2.75, 3.05) is 6.54 Å². The molecule has 1 aliphatic carbocycles. The molecule has 6 heteroatoms. The van der Waals surface area contributed by atoms with Gasteiger partial charge < -0.3 is 10.6 Å². The van der Waals surface area contributed by atoms with Gasteiger partial charge in [0.1, 0.15) is 0 Å². The number of carbonyl (C=O) groups excluding carboxylic acids is 2. The van der Waals surface area contributed by atoms with E-state index < -0.39 is 0 Å². The summed E-state index contributed by atoms with van der Waals surface area (Å²) in [5.41, 5.74) is 1.08. The van der Waals surface area contributed by atoms with Crippen LogP contribution in [-0.4, -0.2) is 29.4 Å². The number of nitrogens with zero attached hydrogens (tertiary/aromatic N) is 1. The molecule has 1 aromatic heterocycles. The number of hydrogen-bond donors (Lipinski definition) is 2. The van der Waals surface area contributed by atoms with Crippen LogP contribution < -0.4 is 10.6 Å². The quantitative estimate of drug-likeness (QED) is 0.858. The molecule has 5 nitrogen and oxygen atoms in total. The molecule has 0 atom stereocenters. The third-order valence-corrected chi connectivity index (χ3v) is 3.13. The minimum atomic E-state index is -0.309. The van der Waals surface area contributed by atoms with E-state index in [-0.39, 0.29) is 18.2 Å². The molecule has 1 fully saturated rings. The second kappa shape index (κ2) is 6.02. The standard InChI is InChI=1S/C13H16ClN3O2/c1-8-6-11(14)10(7-16-8)13(19)15-5-4-12(18)17-9-2-3-9/h6-7,9H,2-5H2,1H3,(H,15,19)(H,17,18). The summed E-state index contributed by atoms with van der Waals surface area (Å²) < 4.78 is 0. The molecule has 1 aromatic rings. The molecule has 0 radical (unpaired) electrons. The molecule has 1 heterocycles. The van der Waals surface area contributed by atoms with Crippen LogP contribution in [0.3, 0.4) is 0 Å². The number of aryl methyl sites for hydroxylation is 1. The molecule has 0 saturated heterocycles. The van der Waals surface area contributed by atoms with E-state index in [4.69, 9.17) is 11.6 Å². The second-order valence-electron chi connectivity index (χ2n) is 4.65. The van der Waals surface area contributed by atoms with E-state index in [9.17, 15) is 9.59 Å². The van der Waals surface area contributed by atoms with Gasteiger partial charge in [0, 0.05) is 30.9 Å². The Kier molecular flexibility index (Phi) is 4.37. The molecule has 1 saturated carbocycles. The summed E-state index contributed by atoms with van der Waals surface area (Å²) in [6.07, 6.45) is 3.84. The molecule has 2 amide bonds. The van der Waals surface area contributed by atoms with E-state index in [0.29, 0.717) is 23.2 Å². The first kappa shape index (κ1) is 13.8. The van der Waals surface area contributed by atoms with Gasteiger partial charge >= 0.3 is 0 Å². The van der Waals surface area contributed by atoms with Crippen LogP contribution in [-0.2, 0) is 4.79 Å². The van der Waals surface area contributed by atoms with Gasteiger partial charge in [-0.05, 0) is 25.8 Å². The summed E-state index contributed by atoms with van der Waals surface area (Å²) in [4.78, 5) is 27.3. The Balaban J connectivity index is 1.78. The maximum Gasteiger partial charge on any atom is 0.254 e. The van der Waals surface area contributed by atoms with Gasteiger partial charge in [0.05, 0.1) is 10.6 Å². The Morgan fingerprint density at radius 2 is 2.21 bits per heavy atom. The first-order valence-corrected chi connectivity index (χ1v) is 6.64. The summed E-state index contributed by atoms with van der Waals surface area (Å²) >= 11 is 5.96. The molecule has 2 rings (SSSR count). The monoisotopic (exact) mass is 281 g/mol. The highest BCUT2D eigenvalue weighted by Crippen LogP contribution is 2.18. The highest BCUT2D eigenvalue weighted by atomic mass is 35.5. The van der Waals surface area contributed by atoms with Crippen LogP contribution in [0.1, 0.15) is 35.3 Å². The number of nitrogens with one attached hydrogen (secondary N) is 2. The van der Waals surface area contributed by atoms with Crippen molar-refractivity contribution in [3.63, 3.8) is 0 Å². The predicted octanol–water partition coefficient (Wildman–Crippen LogP) is 1.44. The molecule has 19 heavy (non-hydrogen) atoms. The van der Waals surface area contributed by atoms with Crippen molar-refractivity contribution < 1.29 is 9.59 Å². The zero-order valence-corrected chi connectivity index (χ0v) is 11.5. The van der Waals surface area contributed by atoms with E-state index in [1.165, 1.54) is 6.20 Å². The lowest BCUT2D eigenvalue weighted by molar-refractivity contribution is -0.121. The third kappa shape index (κ3) is 4.21. The summed E-state index contributed by atoms with van der Waals surface area (Å²) in [5.74, 6) is -0.340. The number of aromatic nitrogens is 1. The van der Waals surface area contributed by atoms with Gasteiger partial charge in [-0.3, -0.25) is 14.6 Å². The lowest BCUT2D eigenvalue weighted by atomic mass is 10.2. The predicted molar refractivity (Wildman–Crippen MR) is 72.1 cm³/mol. The molecule has 0 aliphatic heterocycles. The van der Waals surface area contributed by atoms with E-state index >= 15 is 0 Å². The average Bonchev–Trinajstić information content (AvgIpc) is 3.12. The normalized spacial score (nSPS) is 14.0. The number of amides is 2. The molecule has 0 bridgehead atoms. The van der Waals surface area contributed by atoms with Crippen LogP contribution in [0, 0.1) is 6.92 Å². The Morgan fingerprint density at radius 3 is 2.84 bits per heavy atom. The molecule has 0 aromatic carbocycles. The maximum atomic E-state index is 11.8. The van der Waals surface area contributed by atoms with Crippen LogP contribution in [0.4, 0.5) is 0 Å². The zero-order chi connectivity index (χ0) is 13.8. The van der Waals surface area contributed by atoms with Crippen molar-refractivity contribution in [1.82, 2.24) is 15.6 Å². The number of rotatable bonds is 5. The Bertz CT molecular complexity index is 501. The van der Waals surface area contributed by atoms with E-state index in [1.807, 2.05) is 0 Å². The number of hydrogen-bond acceptors (Lipinski definition) is 3. The number of pyridine rings is 1. The number of carbonyl (C=O) groups is 2. The molecule has 1 aliphatic rings. The Hall–Kier alpha value is -1.62. The Labute approximate surface area is 116 Å². The smallest absolute Gasteiger partial charge is 0.254 e. The highest BCUT2D eigenvalue weighted by molar-refractivity contribution is 6.33. The first-order valence-electron chi connectivity index (χ1n) is 6.26. The Morgan fingerprint density at radius 1 is 1.47 bits per heavy atom. The average molecular weight is 282 g/mol. The summed E-state index contributed by atoms with van der Waals surface area (Å²) in [6.45, 7) is 2.09. The van der Waals surface area contributed by atoms with Crippen LogP contribution in [0.25, 0.3) is 0 Å². The van der Waals surface area contributed by atoms with Gasteiger partial charge in [0.15, 0.2) is 0 Å². The van der Waals surface area contributed by atoms with Crippen LogP contribution >= 0.6 is 11.6 Å². The molecule has 0 unspecified atom stereocenters. The van der Waals surface area contributed by atoms with Gasteiger partial charge in [-0.1, -0.05) is 11.6 Å². The van der Waals surface area contributed by atoms with Crippen molar-refractivity contribution >= 4 is 23.4 Å². The van der Waals surface area contributed by atoms with Crippen LogP contribution in [0.5, 0.6) is 0 Å². The summed E-state index contributed by atoms with van der Waals surface area (Å²) in [5, 5.41) is 5.89. The lowest BCUT2D eigenvalue weighted by Crippen LogP contribution is -2.31. The van der Waals surface area contributed by atoms with Crippen LogP contribution in [0.2, 0.25) is 5.02 Å². The topological polar surface area (TPSA) is 71.1 Å². The van der Waals surface area contributed by atoms with E-state index in [2.05, 4.69) is 15.6 Å². The van der Waals surface area contributed by atoms with Gasteiger partial charge in [0.2, 0.25) is 5.91 Å². The minimum absolute atomic E-state index is 0.0315. The molecule has 2 N–H and O–H groups in total. The molecular weight excluding hydrogens is 266 g/mol. The minimum Gasteiger partial charge on any atom is -0.353 e. The van der Waals surface area contributed by atoms with Crippen molar-refractivity contribution in [3.8, 4) is 0 Å². The van der Waals surface area contributed by atoms with Gasteiger partial charge in [-0.15, -0.1) is 0 Å². The SMILES string of the molecule is Cc1cc(Cl)c(C(=O)NCCC(=O)NC2CC2)cn1. The summed E-state index contributed by atoms with van der Waals surface area (Å²) in [6, 6.07) is 1.98. The number of halogens is 1. The largest absolute Gasteiger partial charge is 0.353 e.